The minimum Gasteiger partial charge on any atom is -0.493 e. The van der Waals surface area contributed by atoms with E-state index in [4.69, 9.17) is 4.74 Å². The number of rotatable bonds is 2. The van der Waals surface area contributed by atoms with Crippen LogP contribution in [0.1, 0.15) is 17.0 Å². The summed E-state index contributed by atoms with van der Waals surface area (Å²) in [6.45, 7) is 0.438. The fraction of sp³-hybridized carbons (Fsp3) is 0.118. The van der Waals surface area contributed by atoms with Gasteiger partial charge in [0.25, 0.3) is 0 Å². The number of benzene rings is 2. The summed E-state index contributed by atoms with van der Waals surface area (Å²) in [5.74, 6) is 1.48. The highest BCUT2D eigenvalue weighted by atomic mass is 16.5. The first-order chi connectivity index (χ1) is 10.7. The van der Waals surface area contributed by atoms with Crippen LogP contribution in [0.4, 0.5) is 0 Å². The first-order valence-corrected chi connectivity index (χ1v) is 7.06. The number of ether oxygens (including phenoxy) is 1. The van der Waals surface area contributed by atoms with Crippen LogP contribution in [0.5, 0.6) is 17.4 Å². The molecule has 0 unspecified atom stereocenters. The molecule has 2 N–H and O–H groups in total. The summed E-state index contributed by atoms with van der Waals surface area (Å²) in [4.78, 5) is 14.2. The van der Waals surface area contributed by atoms with Crippen molar-refractivity contribution in [1.29, 1.82) is 0 Å². The van der Waals surface area contributed by atoms with Gasteiger partial charge in [0.05, 0.1) is 6.20 Å². The highest BCUT2D eigenvalue weighted by Crippen LogP contribution is 2.44. The van der Waals surface area contributed by atoms with Crippen LogP contribution < -0.4 is 10.4 Å². The smallest absolute Gasteiger partial charge is 0.328 e. The topological polar surface area (TPSA) is 67.2 Å². The van der Waals surface area contributed by atoms with Crippen molar-refractivity contribution in [1.82, 2.24) is 9.55 Å². The van der Waals surface area contributed by atoms with Crippen molar-refractivity contribution in [2.24, 2.45) is 0 Å². The second kappa shape index (κ2) is 4.80. The van der Waals surface area contributed by atoms with Crippen LogP contribution in [0.3, 0.4) is 0 Å². The van der Waals surface area contributed by atoms with Crippen molar-refractivity contribution in [2.45, 2.75) is 12.5 Å². The maximum atomic E-state index is 11.9. The van der Waals surface area contributed by atoms with Gasteiger partial charge >= 0.3 is 5.69 Å². The van der Waals surface area contributed by atoms with E-state index in [1.165, 1.54) is 10.8 Å². The summed E-state index contributed by atoms with van der Waals surface area (Å²) >= 11 is 0. The van der Waals surface area contributed by atoms with Crippen LogP contribution in [0.25, 0.3) is 0 Å². The number of aromatic nitrogens is 2. The molecule has 1 aromatic heterocycles. The molecule has 5 nitrogen and oxygen atoms in total. The van der Waals surface area contributed by atoms with E-state index in [1.54, 1.807) is 0 Å². The Hall–Kier alpha value is -2.95. The molecule has 22 heavy (non-hydrogen) atoms. The first kappa shape index (κ1) is 12.8. The second-order valence-electron chi connectivity index (χ2n) is 5.33. The van der Waals surface area contributed by atoms with Gasteiger partial charge in [0, 0.05) is 23.6 Å². The zero-order chi connectivity index (χ0) is 15.1. The van der Waals surface area contributed by atoms with Crippen LogP contribution in [-0.4, -0.2) is 14.7 Å². The number of nitrogens with one attached hydrogen (secondary N) is 1. The van der Waals surface area contributed by atoms with Crippen molar-refractivity contribution >= 4 is 0 Å². The maximum Gasteiger partial charge on any atom is 0.328 e. The predicted octanol–water partition coefficient (Wildman–Crippen LogP) is 2.82. The number of nitrogens with zero attached hydrogens (tertiary/aromatic N) is 1. The molecule has 0 spiro atoms. The van der Waals surface area contributed by atoms with Crippen LogP contribution in [0.2, 0.25) is 0 Å². The average Bonchev–Trinajstić information content (AvgIpc) is 2.84. The molecule has 1 aliphatic heterocycles. The van der Waals surface area contributed by atoms with Crippen molar-refractivity contribution in [3.63, 3.8) is 0 Å². The highest BCUT2D eigenvalue weighted by Gasteiger charge is 2.27. The predicted molar refractivity (Wildman–Crippen MR) is 81.5 cm³/mol. The number of aromatic amines is 1. The summed E-state index contributed by atoms with van der Waals surface area (Å²) in [6, 6.07) is 15.6. The molecule has 0 amide bonds. The zero-order valence-electron chi connectivity index (χ0n) is 11.7. The van der Waals surface area contributed by atoms with E-state index in [0.29, 0.717) is 6.54 Å². The molecular formula is C17H14N2O3. The zero-order valence-corrected chi connectivity index (χ0v) is 11.7. The molecule has 0 fully saturated rings. The van der Waals surface area contributed by atoms with Crippen molar-refractivity contribution in [3.8, 4) is 17.4 Å². The number of imidazole rings is 1. The second-order valence-corrected chi connectivity index (χ2v) is 5.33. The SMILES string of the molecule is O=c1[nH]c(O)cn1CC1c2ccccc2Oc2ccccc21. The number of para-hydroxylation sites is 2. The summed E-state index contributed by atoms with van der Waals surface area (Å²) < 4.78 is 7.42. The van der Waals surface area contributed by atoms with Gasteiger partial charge in [-0.15, -0.1) is 0 Å². The lowest BCUT2D eigenvalue weighted by molar-refractivity contribution is 0.432. The molecule has 0 bridgehead atoms. The fourth-order valence-corrected chi connectivity index (χ4v) is 2.96. The third kappa shape index (κ3) is 1.98. The number of fused-ring (bicyclic) bond motifs is 2. The standard InChI is InChI=1S/C17H14N2O3/c20-16-10-19(17(21)18-16)9-13-11-5-1-3-7-14(11)22-15-8-4-2-6-12(13)15/h1-8,10,13,20H,9H2,(H,18,21). The minimum atomic E-state index is -0.320. The van der Waals surface area contributed by atoms with Gasteiger partial charge < -0.3 is 9.84 Å². The number of hydrogen-bond donors (Lipinski definition) is 2. The summed E-state index contributed by atoms with van der Waals surface area (Å²) in [7, 11) is 0. The van der Waals surface area contributed by atoms with Crippen LogP contribution in [0.15, 0.2) is 59.5 Å². The molecule has 0 radical (unpaired) electrons. The minimum absolute atomic E-state index is 0.00551. The Bertz CT molecular complexity index is 849. The Labute approximate surface area is 126 Å². The van der Waals surface area contributed by atoms with Gasteiger partial charge in [-0.3, -0.25) is 9.55 Å². The largest absolute Gasteiger partial charge is 0.493 e. The quantitative estimate of drug-likeness (QED) is 0.763. The molecule has 2 heterocycles. The van der Waals surface area contributed by atoms with Gasteiger partial charge in [0.1, 0.15) is 11.5 Å². The Balaban J connectivity index is 1.84. The Morgan fingerprint density at radius 2 is 1.64 bits per heavy atom. The van der Waals surface area contributed by atoms with E-state index in [-0.39, 0.29) is 17.5 Å². The normalized spacial score (nSPS) is 13.3. The lowest BCUT2D eigenvalue weighted by atomic mass is 9.88. The molecule has 110 valence electrons. The molecule has 4 rings (SSSR count). The third-order valence-corrected chi connectivity index (χ3v) is 3.96. The summed E-state index contributed by atoms with van der Waals surface area (Å²) in [6.07, 6.45) is 1.42. The maximum absolute atomic E-state index is 11.9. The van der Waals surface area contributed by atoms with E-state index in [0.717, 1.165) is 22.6 Å². The van der Waals surface area contributed by atoms with E-state index in [2.05, 4.69) is 4.98 Å². The number of hydrogen-bond acceptors (Lipinski definition) is 3. The van der Waals surface area contributed by atoms with Gasteiger partial charge in [-0.05, 0) is 12.1 Å². The first-order valence-electron chi connectivity index (χ1n) is 7.06. The van der Waals surface area contributed by atoms with Crippen LogP contribution in [0, 0.1) is 0 Å². The fourth-order valence-electron chi connectivity index (χ4n) is 2.96. The molecule has 0 aliphatic carbocycles. The highest BCUT2D eigenvalue weighted by molar-refractivity contribution is 5.53. The molecule has 0 saturated carbocycles. The van der Waals surface area contributed by atoms with E-state index >= 15 is 0 Å². The van der Waals surface area contributed by atoms with Crippen LogP contribution in [-0.2, 0) is 6.54 Å². The third-order valence-electron chi connectivity index (χ3n) is 3.96. The monoisotopic (exact) mass is 294 g/mol. The Morgan fingerprint density at radius 1 is 1.05 bits per heavy atom. The van der Waals surface area contributed by atoms with Gasteiger partial charge in [-0.2, -0.15) is 0 Å². The van der Waals surface area contributed by atoms with Crippen LogP contribution >= 0.6 is 0 Å². The Morgan fingerprint density at radius 3 is 2.18 bits per heavy atom. The summed E-state index contributed by atoms with van der Waals surface area (Å²) in [5, 5.41) is 9.45. The van der Waals surface area contributed by atoms with Gasteiger partial charge in [-0.1, -0.05) is 36.4 Å². The van der Waals surface area contributed by atoms with Gasteiger partial charge in [0.15, 0.2) is 0 Å². The molecule has 0 saturated heterocycles. The molecule has 2 aromatic carbocycles. The van der Waals surface area contributed by atoms with Gasteiger partial charge in [-0.25, -0.2) is 4.79 Å². The number of aromatic hydroxyl groups is 1. The van der Waals surface area contributed by atoms with Crippen molar-refractivity contribution < 1.29 is 9.84 Å². The van der Waals surface area contributed by atoms with E-state index < -0.39 is 0 Å². The van der Waals surface area contributed by atoms with E-state index in [9.17, 15) is 9.90 Å². The Kier molecular flexibility index (Phi) is 2.79. The average molecular weight is 294 g/mol. The summed E-state index contributed by atoms with van der Waals surface area (Å²) in [5.41, 5.74) is 1.75. The molecule has 3 aromatic rings. The van der Waals surface area contributed by atoms with Crippen molar-refractivity contribution in [2.75, 3.05) is 0 Å². The van der Waals surface area contributed by atoms with Crippen molar-refractivity contribution in [3.05, 3.63) is 76.3 Å². The molecule has 1 aliphatic rings. The lowest BCUT2D eigenvalue weighted by Gasteiger charge is -2.28. The molecule has 5 heteroatoms. The van der Waals surface area contributed by atoms with E-state index in [1.807, 2.05) is 48.5 Å². The number of H-pyrrole nitrogens is 1. The molecular weight excluding hydrogens is 280 g/mol. The lowest BCUT2D eigenvalue weighted by Crippen LogP contribution is -2.22. The molecule has 0 atom stereocenters. The van der Waals surface area contributed by atoms with Gasteiger partial charge in [0.2, 0.25) is 5.88 Å².